The second-order valence-corrected chi connectivity index (χ2v) is 8.64. The van der Waals surface area contributed by atoms with Crippen LogP contribution in [-0.4, -0.2) is 19.0 Å². The second kappa shape index (κ2) is 10.3. The molecule has 0 spiro atoms. The van der Waals surface area contributed by atoms with E-state index >= 15 is 0 Å². The fraction of sp³-hybridized carbons (Fsp3) is 0.286. The summed E-state index contributed by atoms with van der Waals surface area (Å²) < 4.78 is 4.74. The summed E-state index contributed by atoms with van der Waals surface area (Å²) in [4.78, 5) is 24.5. The third-order valence-electron chi connectivity index (χ3n) is 6.29. The number of carbonyl (C=O) groups is 2. The van der Waals surface area contributed by atoms with E-state index < -0.39 is 5.97 Å². The highest BCUT2D eigenvalue weighted by atomic mass is 16.5. The van der Waals surface area contributed by atoms with Gasteiger partial charge in [-0.25, -0.2) is 4.79 Å². The molecule has 0 saturated heterocycles. The van der Waals surface area contributed by atoms with Crippen LogP contribution in [0.2, 0.25) is 0 Å². The van der Waals surface area contributed by atoms with Crippen molar-refractivity contribution in [3.05, 3.63) is 89.0 Å². The number of hydrogen-bond donors (Lipinski definition) is 2. The number of benzene rings is 3. The van der Waals surface area contributed by atoms with Gasteiger partial charge in [0.05, 0.1) is 12.7 Å². The molecule has 1 fully saturated rings. The van der Waals surface area contributed by atoms with Crippen LogP contribution in [0, 0.1) is 6.92 Å². The lowest BCUT2D eigenvalue weighted by molar-refractivity contribution is 0.0600. The Morgan fingerprint density at radius 3 is 2.27 bits per heavy atom. The normalized spacial score (nSPS) is 13.9. The molecule has 1 amide bonds. The molecule has 0 bridgehead atoms. The number of esters is 1. The van der Waals surface area contributed by atoms with Crippen molar-refractivity contribution in [3.63, 3.8) is 0 Å². The first-order valence-corrected chi connectivity index (χ1v) is 11.5. The molecule has 3 aromatic carbocycles. The van der Waals surface area contributed by atoms with Gasteiger partial charge in [-0.05, 0) is 85.3 Å². The van der Waals surface area contributed by atoms with Crippen molar-refractivity contribution < 1.29 is 14.3 Å². The highest BCUT2D eigenvalue weighted by Gasteiger charge is 2.15. The number of carbonyl (C=O) groups excluding carboxylic acids is 2. The molecular formula is C28H30N2O3. The number of ether oxygens (including phenoxy) is 1. The van der Waals surface area contributed by atoms with Gasteiger partial charge in [0.15, 0.2) is 0 Å². The van der Waals surface area contributed by atoms with Gasteiger partial charge in [0.2, 0.25) is 0 Å². The monoisotopic (exact) mass is 442 g/mol. The van der Waals surface area contributed by atoms with Crippen molar-refractivity contribution >= 4 is 28.9 Å². The number of rotatable bonds is 6. The topological polar surface area (TPSA) is 67.4 Å². The average Bonchev–Trinajstić information content (AvgIpc) is 2.84. The minimum absolute atomic E-state index is 0.224. The Hall–Kier alpha value is -3.60. The third kappa shape index (κ3) is 5.61. The molecule has 0 aliphatic heterocycles. The van der Waals surface area contributed by atoms with Crippen LogP contribution in [0.1, 0.15) is 69.9 Å². The summed E-state index contributed by atoms with van der Waals surface area (Å²) in [6.45, 7) is 1.91. The Kier molecular flexibility index (Phi) is 7.08. The number of anilines is 3. The van der Waals surface area contributed by atoms with Crippen molar-refractivity contribution in [2.45, 2.75) is 44.9 Å². The maximum Gasteiger partial charge on any atom is 0.337 e. The van der Waals surface area contributed by atoms with Crippen molar-refractivity contribution in [1.82, 2.24) is 0 Å². The Morgan fingerprint density at radius 2 is 1.58 bits per heavy atom. The number of nitrogens with one attached hydrogen (secondary N) is 2. The Balaban J connectivity index is 1.41. The van der Waals surface area contributed by atoms with E-state index in [1.54, 1.807) is 24.3 Å². The fourth-order valence-electron chi connectivity index (χ4n) is 4.48. The van der Waals surface area contributed by atoms with Crippen LogP contribution < -0.4 is 10.6 Å². The summed E-state index contributed by atoms with van der Waals surface area (Å²) >= 11 is 0. The molecule has 0 radical (unpaired) electrons. The molecule has 1 saturated carbocycles. The predicted molar refractivity (Wildman–Crippen MR) is 132 cm³/mol. The molecule has 3 aromatic rings. The summed E-state index contributed by atoms with van der Waals surface area (Å²) in [6, 6.07) is 21.1. The second-order valence-electron chi connectivity index (χ2n) is 8.64. The van der Waals surface area contributed by atoms with Crippen LogP contribution in [0.3, 0.4) is 0 Å². The van der Waals surface area contributed by atoms with Gasteiger partial charge >= 0.3 is 5.97 Å². The molecule has 2 N–H and O–H groups in total. The Morgan fingerprint density at radius 1 is 0.848 bits per heavy atom. The summed E-state index contributed by atoms with van der Waals surface area (Å²) in [5, 5.41) is 6.29. The van der Waals surface area contributed by atoms with Crippen LogP contribution in [-0.2, 0) is 4.74 Å². The Bertz CT molecular complexity index is 1130. The van der Waals surface area contributed by atoms with Crippen molar-refractivity contribution in [2.24, 2.45) is 0 Å². The van der Waals surface area contributed by atoms with E-state index in [0.717, 1.165) is 16.9 Å². The maximum absolute atomic E-state index is 12.8. The lowest BCUT2D eigenvalue weighted by Gasteiger charge is -2.22. The largest absolute Gasteiger partial charge is 0.465 e. The molecule has 0 atom stereocenters. The van der Waals surface area contributed by atoms with Crippen molar-refractivity contribution in [1.29, 1.82) is 0 Å². The molecule has 5 nitrogen and oxygen atoms in total. The summed E-state index contributed by atoms with van der Waals surface area (Å²) in [7, 11) is 1.33. The number of methoxy groups -OCH3 is 1. The zero-order valence-electron chi connectivity index (χ0n) is 19.2. The van der Waals surface area contributed by atoms with Crippen LogP contribution in [0.25, 0.3) is 0 Å². The molecule has 5 heteroatoms. The molecule has 0 aromatic heterocycles. The molecular weight excluding hydrogens is 412 g/mol. The quantitative estimate of drug-likeness (QED) is 0.411. The van der Waals surface area contributed by atoms with E-state index in [2.05, 4.69) is 34.9 Å². The number of amides is 1. The van der Waals surface area contributed by atoms with E-state index in [1.165, 1.54) is 44.8 Å². The lowest BCUT2D eigenvalue weighted by Crippen LogP contribution is -2.14. The van der Waals surface area contributed by atoms with Gasteiger partial charge in [-0.2, -0.15) is 0 Å². The highest BCUT2D eigenvalue weighted by Crippen LogP contribution is 2.33. The molecule has 170 valence electrons. The van der Waals surface area contributed by atoms with Crippen LogP contribution in [0.4, 0.5) is 17.1 Å². The van der Waals surface area contributed by atoms with E-state index in [4.69, 9.17) is 4.74 Å². The van der Waals surface area contributed by atoms with Gasteiger partial charge in [-0.1, -0.05) is 37.5 Å². The Labute approximate surface area is 195 Å². The van der Waals surface area contributed by atoms with Gasteiger partial charge in [-0.15, -0.1) is 0 Å². The van der Waals surface area contributed by atoms with E-state index in [1.807, 2.05) is 25.1 Å². The number of hydrogen-bond acceptors (Lipinski definition) is 4. The summed E-state index contributed by atoms with van der Waals surface area (Å²) in [5.41, 5.74) is 5.77. The summed E-state index contributed by atoms with van der Waals surface area (Å²) in [6.07, 6.45) is 6.62. The predicted octanol–water partition coefficient (Wildman–Crippen LogP) is 6.83. The third-order valence-corrected chi connectivity index (χ3v) is 6.29. The number of aryl methyl sites for hydroxylation is 1. The van der Waals surface area contributed by atoms with Gasteiger partial charge in [0.25, 0.3) is 5.91 Å². The smallest absolute Gasteiger partial charge is 0.337 e. The minimum Gasteiger partial charge on any atom is -0.465 e. The standard InChI is InChI=1S/C28H30N2O3/c1-19-17-25(29-23-13-11-21(12-14-23)20-7-4-3-5-8-20)15-16-26(19)27(31)30-24-10-6-9-22(18-24)28(32)33-2/h6,9-18,20,29H,3-5,7-8H2,1-2H3,(H,30,31). The van der Waals surface area contributed by atoms with Crippen LogP contribution in [0.15, 0.2) is 66.7 Å². The van der Waals surface area contributed by atoms with Crippen molar-refractivity contribution in [2.75, 3.05) is 17.7 Å². The first-order valence-electron chi connectivity index (χ1n) is 11.5. The van der Waals surface area contributed by atoms with Gasteiger partial charge in [-0.3, -0.25) is 4.79 Å². The molecule has 0 unspecified atom stereocenters. The van der Waals surface area contributed by atoms with Gasteiger partial charge in [0, 0.05) is 22.6 Å². The molecule has 4 rings (SSSR count). The zero-order chi connectivity index (χ0) is 23.2. The van der Waals surface area contributed by atoms with Crippen molar-refractivity contribution in [3.8, 4) is 0 Å². The van der Waals surface area contributed by atoms with Crippen LogP contribution >= 0.6 is 0 Å². The molecule has 33 heavy (non-hydrogen) atoms. The first-order chi connectivity index (χ1) is 16.0. The highest BCUT2D eigenvalue weighted by molar-refractivity contribution is 6.06. The van der Waals surface area contributed by atoms with E-state index in [9.17, 15) is 9.59 Å². The molecule has 0 heterocycles. The molecule has 1 aliphatic rings. The SMILES string of the molecule is COC(=O)c1cccc(NC(=O)c2ccc(Nc3ccc(C4CCCCC4)cc3)cc2C)c1. The van der Waals surface area contributed by atoms with E-state index in [0.29, 0.717) is 22.7 Å². The van der Waals surface area contributed by atoms with E-state index in [-0.39, 0.29) is 5.91 Å². The van der Waals surface area contributed by atoms with Crippen LogP contribution in [0.5, 0.6) is 0 Å². The average molecular weight is 443 g/mol. The first kappa shape index (κ1) is 22.6. The van der Waals surface area contributed by atoms with Gasteiger partial charge in [0.1, 0.15) is 0 Å². The lowest BCUT2D eigenvalue weighted by atomic mass is 9.84. The fourth-order valence-corrected chi connectivity index (χ4v) is 4.48. The minimum atomic E-state index is -0.440. The molecule has 1 aliphatic carbocycles. The zero-order valence-corrected chi connectivity index (χ0v) is 19.2. The maximum atomic E-state index is 12.8. The van der Waals surface area contributed by atoms with Gasteiger partial charge < -0.3 is 15.4 Å². The summed E-state index contributed by atoms with van der Waals surface area (Å²) in [5.74, 6) is 0.0311.